The van der Waals surface area contributed by atoms with Crippen LogP contribution in [0.4, 0.5) is 0 Å². The van der Waals surface area contributed by atoms with Crippen LogP contribution in [0.25, 0.3) is 0 Å². The highest BCUT2D eigenvalue weighted by Crippen LogP contribution is 2.12. The van der Waals surface area contributed by atoms with E-state index in [1.807, 2.05) is 24.3 Å². The first-order valence-electron chi connectivity index (χ1n) is 3.72. The Bertz CT molecular complexity index is 238. The molecule has 0 aliphatic rings. The second-order valence-corrected chi connectivity index (χ2v) is 3.66. The van der Waals surface area contributed by atoms with E-state index in [0.717, 1.165) is 5.30 Å². The van der Waals surface area contributed by atoms with Crippen LogP contribution < -0.4 is 5.30 Å². The van der Waals surface area contributed by atoms with Gasteiger partial charge in [-0.15, -0.1) is 0 Å². The predicted octanol–water partition coefficient (Wildman–Crippen LogP) is 2.46. The van der Waals surface area contributed by atoms with Gasteiger partial charge in [-0.05, 0) is 23.6 Å². The summed E-state index contributed by atoms with van der Waals surface area (Å²) in [6.45, 7) is 4.29. The Hall–Kier alpha value is -0.680. The third-order valence-corrected chi connectivity index (χ3v) is 2.26. The fourth-order valence-corrected chi connectivity index (χ4v) is 1.24. The summed E-state index contributed by atoms with van der Waals surface area (Å²) in [5.41, 5.74) is 1.30. The second-order valence-electron chi connectivity index (χ2n) is 2.88. The molecule has 0 radical (unpaired) electrons. The third-order valence-electron chi connectivity index (χ3n) is 1.70. The van der Waals surface area contributed by atoms with E-state index in [9.17, 15) is 4.57 Å². The van der Waals surface area contributed by atoms with Crippen molar-refractivity contribution in [3.63, 3.8) is 0 Å². The van der Waals surface area contributed by atoms with E-state index >= 15 is 0 Å². The molecule has 1 nitrogen and oxygen atoms in total. The minimum atomic E-state index is -0.330. The van der Waals surface area contributed by atoms with Crippen molar-refractivity contribution in [1.82, 2.24) is 0 Å². The molecule has 58 valence electrons. The largest absolute Gasteiger partial charge is 0.363 e. The monoisotopic (exact) mass is 167 g/mol. The van der Waals surface area contributed by atoms with Crippen LogP contribution in [0.15, 0.2) is 24.3 Å². The van der Waals surface area contributed by atoms with Gasteiger partial charge in [0.1, 0.15) is 0 Å². The molecule has 0 N–H and O–H groups in total. The number of rotatable bonds is 2. The lowest BCUT2D eigenvalue weighted by atomic mass is 10.0. The maximum atomic E-state index is 10.4. The summed E-state index contributed by atoms with van der Waals surface area (Å²) < 4.78 is 10.4. The molecule has 0 aliphatic carbocycles. The van der Waals surface area contributed by atoms with Crippen molar-refractivity contribution in [1.29, 1.82) is 0 Å². The summed E-state index contributed by atoms with van der Waals surface area (Å²) in [6.07, 6.45) is 0. The first kappa shape index (κ1) is 8.42. The van der Waals surface area contributed by atoms with Gasteiger partial charge >= 0.3 is 8.46 Å². The highest BCUT2D eigenvalue weighted by atomic mass is 31.1. The molecule has 0 aliphatic heterocycles. The summed E-state index contributed by atoms with van der Waals surface area (Å²) in [5.74, 6) is 0.555. The molecule has 1 aromatic carbocycles. The molecule has 1 atom stereocenters. The van der Waals surface area contributed by atoms with Gasteiger partial charge in [0, 0.05) is 0 Å². The standard InChI is InChI=1S/C9H11OP/c1-7(2)8-3-5-9(11-10)6-4-8/h3-7H,1-2H3/p+1. The van der Waals surface area contributed by atoms with E-state index in [4.69, 9.17) is 0 Å². The highest BCUT2D eigenvalue weighted by Gasteiger charge is 2.01. The lowest BCUT2D eigenvalue weighted by Crippen LogP contribution is -1.93. The quantitative estimate of drug-likeness (QED) is 0.618. The summed E-state index contributed by atoms with van der Waals surface area (Å²) in [7, 11) is -0.330. The number of benzene rings is 1. The van der Waals surface area contributed by atoms with Gasteiger partial charge in [0.15, 0.2) is 5.30 Å². The molecule has 0 heterocycles. The first-order chi connectivity index (χ1) is 5.24. The average Bonchev–Trinajstić information content (AvgIpc) is 2.05. The van der Waals surface area contributed by atoms with Crippen molar-refractivity contribution in [3.8, 4) is 0 Å². The Morgan fingerprint density at radius 2 is 1.73 bits per heavy atom. The van der Waals surface area contributed by atoms with Crippen LogP contribution in [0.2, 0.25) is 0 Å². The van der Waals surface area contributed by atoms with Gasteiger partial charge in [0.05, 0.1) is 0 Å². The molecule has 11 heavy (non-hydrogen) atoms. The van der Waals surface area contributed by atoms with Crippen LogP contribution >= 0.6 is 8.46 Å². The molecule has 0 saturated carbocycles. The second kappa shape index (κ2) is 3.64. The van der Waals surface area contributed by atoms with Gasteiger partial charge in [-0.2, -0.15) is 0 Å². The zero-order valence-electron chi connectivity index (χ0n) is 6.79. The molecule has 1 unspecified atom stereocenters. The van der Waals surface area contributed by atoms with Crippen molar-refractivity contribution >= 4 is 13.8 Å². The van der Waals surface area contributed by atoms with Gasteiger partial charge in [-0.1, -0.05) is 30.5 Å². The molecule has 1 aromatic rings. The minimum absolute atomic E-state index is 0.330. The average molecular weight is 167 g/mol. The lowest BCUT2D eigenvalue weighted by molar-refractivity contribution is 0.603. The summed E-state index contributed by atoms with van der Waals surface area (Å²) in [4.78, 5) is 0. The Morgan fingerprint density at radius 3 is 2.09 bits per heavy atom. The molecule has 1 rings (SSSR count). The number of hydrogen-bond acceptors (Lipinski definition) is 1. The van der Waals surface area contributed by atoms with Crippen LogP contribution in [0.5, 0.6) is 0 Å². The van der Waals surface area contributed by atoms with Crippen LogP contribution in [0.1, 0.15) is 25.3 Å². The van der Waals surface area contributed by atoms with Gasteiger partial charge in [-0.3, -0.25) is 0 Å². The molecule has 0 aromatic heterocycles. The predicted molar refractivity (Wildman–Crippen MR) is 49.2 cm³/mol. The van der Waals surface area contributed by atoms with Crippen LogP contribution in [0, 0.1) is 0 Å². The zero-order valence-corrected chi connectivity index (χ0v) is 7.79. The van der Waals surface area contributed by atoms with Gasteiger partial charge < -0.3 is 0 Å². The fourth-order valence-electron chi connectivity index (χ4n) is 0.936. The molecule has 0 bridgehead atoms. The SMILES string of the molecule is CC(C)c1ccc([PH+]=O)cc1. The van der Waals surface area contributed by atoms with Crippen LogP contribution in [-0.2, 0) is 4.57 Å². The molecule has 2 heteroatoms. The molecule has 0 fully saturated rings. The molecular formula is C9H12OP+. The molecular weight excluding hydrogens is 155 g/mol. The van der Waals surface area contributed by atoms with E-state index < -0.39 is 0 Å². The zero-order chi connectivity index (χ0) is 8.27. The summed E-state index contributed by atoms with van der Waals surface area (Å²) in [5, 5.41) is 0.898. The molecule has 0 saturated heterocycles. The van der Waals surface area contributed by atoms with E-state index in [0.29, 0.717) is 5.92 Å². The topological polar surface area (TPSA) is 17.1 Å². The Labute approximate surface area is 68.6 Å². The maximum Gasteiger partial charge on any atom is 0.363 e. The Kier molecular flexibility index (Phi) is 2.78. The van der Waals surface area contributed by atoms with Crippen LogP contribution in [-0.4, -0.2) is 0 Å². The van der Waals surface area contributed by atoms with Gasteiger partial charge in [0.2, 0.25) is 0 Å². The van der Waals surface area contributed by atoms with Gasteiger partial charge in [-0.25, -0.2) is 0 Å². The summed E-state index contributed by atoms with van der Waals surface area (Å²) >= 11 is 0. The molecule has 0 spiro atoms. The van der Waals surface area contributed by atoms with Crippen molar-refractivity contribution in [3.05, 3.63) is 29.8 Å². The maximum absolute atomic E-state index is 10.4. The van der Waals surface area contributed by atoms with Crippen molar-refractivity contribution in [2.75, 3.05) is 0 Å². The van der Waals surface area contributed by atoms with Crippen molar-refractivity contribution in [2.45, 2.75) is 19.8 Å². The van der Waals surface area contributed by atoms with Crippen LogP contribution in [0.3, 0.4) is 0 Å². The smallest absolute Gasteiger partial charge is 0.0707 e. The molecule has 0 amide bonds. The van der Waals surface area contributed by atoms with Gasteiger partial charge in [0.25, 0.3) is 0 Å². The van der Waals surface area contributed by atoms with E-state index in [-0.39, 0.29) is 8.46 Å². The normalized spacial score (nSPS) is 10.8. The Balaban J connectivity index is 2.91. The fraction of sp³-hybridized carbons (Fsp3) is 0.333. The third kappa shape index (κ3) is 2.13. The highest BCUT2D eigenvalue weighted by molar-refractivity contribution is 7.34. The van der Waals surface area contributed by atoms with E-state index in [1.165, 1.54) is 5.56 Å². The van der Waals surface area contributed by atoms with Crippen molar-refractivity contribution in [2.24, 2.45) is 0 Å². The van der Waals surface area contributed by atoms with Crippen molar-refractivity contribution < 1.29 is 4.57 Å². The number of hydrogen-bond donors (Lipinski definition) is 0. The summed E-state index contributed by atoms with van der Waals surface area (Å²) in [6, 6.07) is 7.90. The van der Waals surface area contributed by atoms with E-state index in [1.54, 1.807) is 0 Å². The Morgan fingerprint density at radius 1 is 1.18 bits per heavy atom. The van der Waals surface area contributed by atoms with E-state index in [2.05, 4.69) is 13.8 Å². The first-order valence-corrected chi connectivity index (χ1v) is 4.63. The lowest BCUT2D eigenvalue weighted by Gasteiger charge is -2.01. The minimum Gasteiger partial charge on any atom is -0.0707 e.